The summed E-state index contributed by atoms with van der Waals surface area (Å²) < 4.78 is 5.80. The second-order valence-corrected chi connectivity index (χ2v) is 6.53. The van der Waals surface area contributed by atoms with E-state index in [4.69, 9.17) is 4.74 Å². The van der Waals surface area contributed by atoms with E-state index in [1.165, 1.54) is 0 Å². The number of hydrogen-bond acceptors (Lipinski definition) is 3. The number of carbonyl (C=O) groups is 2. The summed E-state index contributed by atoms with van der Waals surface area (Å²) in [6, 6.07) is -0.770. The Morgan fingerprint density at radius 2 is 2.15 bits per heavy atom. The predicted octanol–water partition coefficient (Wildman–Crippen LogP) is 1.32. The van der Waals surface area contributed by atoms with Gasteiger partial charge in [0.15, 0.2) is 0 Å². The van der Waals surface area contributed by atoms with Crippen LogP contribution >= 0.6 is 0 Å². The van der Waals surface area contributed by atoms with Crippen molar-refractivity contribution in [2.45, 2.75) is 64.6 Å². The van der Waals surface area contributed by atoms with Crippen LogP contribution in [0.25, 0.3) is 0 Å². The quantitative estimate of drug-likeness (QED) is 0.846. The van der Waals surface area contributed by atoms with Crippen LogP contribution in [-0.4, -0.2) is 47.6 Å². The van der Waals surface area contributed by atoms with Crippen molar-refractivity contribution in [1.29, 1.82) is 0 Å². The zero-order valence-corrected chi connectivity index (χ0v) is 12.9. The molecule has 0 spiro atoms. The largest absolute Gasteiger partial charge is 0.373 e. The highest BCUT2D eigenvalue weighted by atomic mass is 16.5. The van der Waals surface area contributed by atoms with Crippen molar-refractivity contribution in [1.82, 2.24) is 10.2 Å². The average molecular weight is 282 g/mol. The molecule has 1 N–H and O–H groups in total. The van der Waals surface area contributed by atoms with Crippen LogP contribution in [0.1, 0.15) is 47.0 Å². The second-order valence-electron chi connectivity index (χ2n) is 6.53. The zero-order chi connectivity index (χ0) is 14.9. The number of nitrogens with one attached hydrogen (secondary N) is 1. The minimum atomic E-state index is -0.387. The van der Waals surface area contributed by atoms with E-state index < -0.39 is 0 Å². The van der Waals surface area contributed by atoms with Gasteiger partial charge in [-0.25, -0.2) is 0 Å². The monoisotopic (exact) mass is 282 g/mol. The molecule has 2 saturated heterocycles. The molecule has 2 fully saturated rings. The summed E-state index contributed by atoms with van der Waals surface area (Å²) in [5.41, 5.74) is -0.307. The minimum absolute atomic E-state index is 0.0301. The first-order valence-electron chi connectivity index (χ1n) is 7.63. The molecule has 2 aliphatic heterocycles. The van der Waals surface area contributed by atoms with Gasteiger partial charge < -0.3 is 15.0 Å². The Balaban J connectivity index is 2.22. The van der Waals surface area contributed by atoms with Crippen molar-refractivity contribution < 1.29 is 14.3 Å². The fourth-order valence-corrected chi connectivity index (χ4v) is 3.24. The first-order chi connectivity index (χ1) is 9.38. The van der Waals surface area contributed by atoms with Gasteiger partial charge >= 0.3 is 0 Å². The number of ether oxygens (including phenoxy) is 1. The van der Waals surface area contributed by atoms with Crippen molar-refractivity contribution in [2.24, 2.45) is 5.92 Å². The third-order valence-electron chi connectivity index (χ3n) is 4.35. The molecule has 0 aromatic carbocycles. The topological polar surface area (TPSA) is 58.6 Å². The van der Waals surface area contributed by atoms with Crippen molar-refractivity contribution in [3.8, 4) is 0 Å². The molecule has 20 heavy (non-hydrogen) atoms. The summed E-state index contributed by atoms with van der Waals surface area (Å²) in [6.45, 7) is 9.18. The van der Waals surface area contributed by atoms with E-state index in [0.29, 0.717) is 13.0 Å². The summed E-state index contributed by atoms with van der Waals surface area (Å²) in [4.78, 5) is 26.6. The van der Waals surface area contributed by atoms with Gasteiger partial charge in [-0.3, -0.25) is 9.59 Å². The molecule has 5 heteroatoms. The van der Waals surface area contributed by atoms with Gasteiger partial charge in [0.05, 0.1) is 12.1 Å². The van der Waals surface area contributed by atoms with Gasteiger partial charge in [-0.1, -0.05) is 20.8 Å². The van der Waals surface area contributed by atoms with E-state index in [1.54, 1.807) is 4.90 Å². The Morgan fingerprint density at radius 1 is 1.45 bits per heavy atom. The van der Waals surface area contributed by atoms with Gasteiger partial charge in [0.2, 0.25) is 11.8 Å². The molecule has 2 heterocycles. The van der Waals surface area contributed by atoms with Gasteiger partial charge in [-0.05, 0) is 32.1 Å². The smallest absolute Gasteiger partial charge is 0.245 e. The van der Waals surface area contributed by atoms with E-state index in [2.05, 4.69) is 5.32 Å². The lowest BCUT2D eigenvalue weighted by molar-refractivity contribution is -0.155. The average Bonchev–Trinajstić information content (AvgIpc) is 2.79. The number of piperazine rings is 1. The highest BCUT2D eigenvalue weighted by molar-refractivity contribution is 5.97. The third kappa shape index (κ3) is 2.82. The summed E-state index contributed by atoms with van der Waals surface area (Å²) >= 11 is 0. The van der Waals surface area contributed by atoms with Gasteiger partial charge in [0.25, 0.3) is 0 Å². The molecule has 2 aliphatic rings. The Bertz CT molecular complexity index is 389. The van der Waals surface area contributed by atoms with E-state index in [-0.39, 0.29) is 35.4 Å². The normalized spacial score (nSPS) is 34.8. The fourth-order valence-electron chi connectivity index (χ4n) is 3.24. The summed E-state index contributed by atoms with van der Waals surface area (Å²) in [5.74, 6) is 0.0948. The van der Waals surface area contributed by atoms with Crippen LogP contribution in [-0.2, 0) is 14.3 Å². The standard InChI is InChI=1S/C15H26N2O3/c1-5-11-14(19)17(9-15(4)7-6-8-20-15)12(10(2)3)13(18)16-11/h10-12H,5-9H2,1-4H3,(H,16,18). The van der Waals surface area contributed by atoms with E-state index >= 15 is 0 Å². The van der Waals surface area contributed by atoms with Crippen molar-refractivity contribution >= 4 is 11.8 Å². The lowest BCUT2D eigenvalue weighted by Crippen LogP contribution is -2.66. The van der Waals surface area contributed by atoms with Crippen LogP contribution in [0.5, 0.6) is 0 Å². The van der Waals surface area contributed by atoms with Gasteiger partial charge in [-0.2, -0.15) is 0 Å². The number of nitrogens with zero attached hydrogens (tertiary/aromatic N) is 1. The maximum Gasteiger partial charge on any atom is 0.245 e. The molecular formula is C15H26N2O3. The Labute approximate surface area is 121 Å². The van der Waals surface area contributed by atoms with Crippen molar-refractivity contribution in [2.75, 3.05) is 13.2 Å². The summed E-state index contributed by atoms with van der Waals surface area (Å²) in [5, 5.41) is 2.84. The van der Waals surface area contributed by atoms with Gasteiger partial charge in [0, 0.05) is 6.61 Å². The maximum absolute atomic E-state index is 12.6. The molecule has 2 amide bonds. The minimum Gasteiger partial charge on any atom is -0.373 e. The molecule has 114 valence electrons. The van der Waals surface area contributed by atoms with Gasteiger partial charge in [0.1, 0.15) is 12.1 Å². The highest BCUT2D eigenvalue weighted by Gasteiger charge is 2.45. The molecule has 0 bridgehead atoms. The fraction of sp³-hybridized carbons (Fsp3) is 0.867. The van der Waals surface area contributed by atoms with Crippen LogP contribution in [0.4, 0.5) is 0 Å². The van der Waals surface area contributed by atoms with E-state index in [9.17, 15) is 9.59 Å². The SMILES string of the molecule is CCC1NC(=O)C(C(C)C)N(CC2(C)CCCO2)C1=O. The zero-order valence-electron chi connectivity index (χ0n) is 12.9. The Morgan fingerprint density at radius 3 is 2.65 bits per heavy atom. The van der Waals surface area contributed by atoms with Crippen molar-refractivity contribution in [3.63, 3.8) is 0 Å². The molecule has 0 aromatic heterocycles. The first kappa shape index (κ1) is 15.3. The van der Waals surface area contributed by atoms with Crippen LogP contribution < -0.4 is 5.32 Å². The summed E-state index contributed by atoms with van der Waals surface area (Å²) in [6.07, 6.45) is 2.59. The second kappa shape index (κ2) is 5.72. The molecule has 2 rings (SSSR count). The molecular weight excluding hydrogens is 256 g/mol. The molecule has 0 aliphatic carbocycles. The van der Waals surface area contributed by atoms with Crippen LogP contribution in [0.2, 0.25) is 0 Å². The molecule has 0 aromatic rings. The highest BCUT2D eigenvalue weighted by Crippen LogP contribution is 2.29. The first-order valence-corrected chi connectivity index (χ1v) is 7.63. The Hall–Kier alpha value is -1.10. The Kier molecular flexibility index (Phi) is 4.37. The number of rotatable bonds is 4. The lowest BCUT2D eigenvalue weighted by atomic mass is 9.93. The molecule has 5 nitrogen and oxygen atoms in total. The number of hydrogen-bond donors (Lipinski definition) is 1. The lowest BCUT2D eigenvalue weighted by Gasteiger charge is -2.43. The van der Waals surface area contributed by atoms with Crippen LogP contribution in [0.15, 0.2) is 0 Å². The van der Waals surface area contributed by atoms with Crippen LogP contribution in [0.3, 0.4) is 0 Å². The van der Waals surface area contributed by atoms with Crippen LogP contribution in [0, 0.1) is 5.92 Å². The number of carbonyl (C=O) groups excluding carboxylic acids is 2. The summed E-state index contributed by atoms with van der Waals surface area (Å²) in [7, 11) is 0. The maximum atomic E-state index is 12.6. The van der Waals surface area contributed by atoms with E-state index in [1.807, 2.05) is 27.7 Å². The number of amides is 2. The molecule has 3 atom stereocenters. The molecule has 0 radical (unpaired) electrons. The van der Waals surface area contributed by atoms with E-state index in [0.717, 1.165) is 19.4 Å². The van der Waals surface area contributed by atoms with Crippen molar-refractivity contribution in [3.05, 3.63) is 0 Å². The molecule has 0 saturated carbocycles. The van der Waals surface area contributed by atoms with Gasteiger partial charge in [-0.15, -0.1) is 0 Å². The predicted molar refractivity (Wildman–Crippen MR) is 76.2 cm³/mol. The molecule has 3 unspecified atom stereocenters. The third-order valence-corrected chi connectivity index (χ3v) is 4.35.